The molecule has 2 aromatic carbocycles. The fourth-order valence-corrected chi connectivity index (χ4v) is 3.89. The van der Waals surface area contributed by atoms with E-state index in [-0.39, 0.29) is 11.7 Å². The van der Waals surface area contributed by atoms with E-state index in [2.05, 4.69) is 60.2 Å². The zero-order chi connectivity index (χ0) is 23.1. The number of hydrogen-bond donors (Lipinski definition) is 1. The van der Waals surface area contributed by atoms with E-state index in [0.717, 1.165) is 11.4 Å². The van der Waals surface area contributed by atoms with Crippen molar-refractivity contribution < 1.29 is 14.3 Å². The van der Waals surface area contributed by atoms with E-state index in [4.69, 9.17) is 9.47 Å². The average Bonchev–Trinajstić information content (AvgIpc) is 3.20. The summed E-state index contributed by atoms with van der Waals surface area (Å²) in [6, 6.07) is 13.6. The summed E-state index contributed by atoms with van der Waals surface area (Å²) in [5, 5.41) is 12.2. The smallest absolute Gasteiger partial charge is 0.234 e. The van der Waals surface area contributed by atoms with Crippen LogP contribution in [0.25, 0.3) is 11.4 Å². The van der Waals surface area contributed by atoms with Crippen molar-refractivity contribution in [2.45, 2.75) is 31.5 Å². The lowest BCUT2D eigenvalue weighted by Crippen LogP contribution is -2.15. The van der Waals surface area contributed by atoms with Gasteiger partial charge in [0.1, 0.15) is 11.5 Å². The molecule has 0 aliphatic heterocycles. The van der Waals surface area contributed by atoms with Gasteiger partial charge in [-0.3, -0.25) is 9.36 Å². The molecule has 0 aliphatic rings. The van der Waals surface area contributed by atoms with Gasteiger partial charge in [0.15, 0.2) is 11.0 Å². The zero-order valence-electron chi connectivity index (χ0n) is 18.8. The van der Waals surface area contributed by atoms with Crippen LogP contribution in [0.4, 0.5) is 5.69 Å². The third-order valence-electron chi connectivity index (χ3n) is 4.88. The first-order chi connectivity index (χ1) is 15.5. The number of methoxy groups -OCH3 is 2. The van der Waals surface area contributed by atoms with E-state index in [1.165, 1.54) is 17.3 Å². The number of hydrogen-bond acceptors (Lipinski definition) is 6. The third-order valence-corrected chi connectivity index (χ3v) is 5.85. The van der Waals surface area contributed by atoms with Crippen LogP contribution in [0.3, 0.4) is 0 Å². The first-order valence-electron chi connectivity index (χ1n) is 10.3. The van der Waals surface area contributed by atoms with Crippen LogP contribution in [0.1, 0.15) is 25.3 Å². The number of benzene rings is 2. The normalized spacial score (nSPS) is 10.8. The fourth-order valence-electron chi connectivity index (χ4n) is 3.14. The molecule has 0 saturated carbocycles. The molecule has 1 heterocycles. The molecule has 1 N–H and O–H groups in total. The highest BCUT2D eigenvalue weighted by Crippen LogP contribution is 2.30. The van der Waals surface area contributed by atoms with Gasteiger partial charge in [-0.25, -0.2) is 0 Å². The Morgan fingerprint density at radius 2 is 1.91 bits per heavy atom. The monoisotopic (exact) mass is 452 g/mol. The lowest BCUT2D eigenvalue weighted by atomic mass is 10.0. The molecular weight excluding hydrogens is 424 g/mol. The lowest BCUT2D eigenvalue weighted by molar-refractivity contribution is -0.113. The van der Waals surface area contributed by atoms with Crippen LogP contribution in [-0.4, -0.2) is 40.6 Å². The van der Waals surface area contributed by atoms with Crippen LogP contribution >= 0.6 is 11.8 Å². The van der Waals surface area contributed by atoms with Gasteiger partial charge in [0, 0.05) is 18.2 Å². The van der Waals surface area contributed by atoms with Gasteiger partial charge in [0.25, 0.3) is 0 Å². The predicted octanol–water partition coefficient (Wildman–Crippen LogP) is 5.00. The van der Waals surface area contributed by atoms with Gasteiger partial charge >= 0.3 is 0 Å². The van der Waals surface area contributed by atoms with E-state index in [1.54, 1.807) is 38.5 Å². The number of thioether (sulfide) groups is 1. The number of ether oxygens (including phenoxy) is 2. The number of anilines is 1. The molecule has 168 valence electrons. The first kappa shape index (κ1) is 23.4. The Balaban J connectivity index is 1.72. The number of carbonyl (C=O) groups is 1. The van der Waals surface area contributed by atoms with Gasteiger partial charge in [-0.15, -0.1) is 16.8 Å². The van der Waals surface area contributed by atoms with Gasteiger partial charge in [0.05, 0.1) is 25.7 Å². The molecule has 7 nitrogen and oxygen atoms in total. The average molecular weight is 453 g/mol. The summed E-state index contributed by atoms with van der Waals surface area (Å²) >= 11 is 1.32. The largest absolute Gasteiger partial charge is 0.497 e. The molecule has 0 unspecified atom stereocenters. The Hall–Kier alpha value is -3.26. The van der Waals surface area contributed by atoms with E-state index in [1.807, 2.05) is 4.57 Å². The van der Waals surface area contributed by atoms with Gasteiger partial charge < -0.3 is 14.8 Å². The molecule has 8 heteroatoms. The fraction of sp³-hybridized carbons (Fsp3) is 0.292. The SMILES string of the molecule is C=CCn1c(SCC(=O)Nc2ccc(OC)cc2OC)nnc1-c1ccc(C(C)C)cc1. The highest BCUT2D eigenvalue weighted by Gasteiger charge is 2.16. The summed E-state index contributed by atoms with van der Waals surface area (Å²) in [7, 11) is 3.13. The molecule has 1 amide bonds. The number of amides is 1. The maximum atomic E-state index is 12.6. The Bertz CT molecular complexity index is 1080. The van der Waals surface area contributed by atoms with Crippen molar-refractivity contribution in [3.8, 4) is 22.9 Å². The van der Waals surface area contributed by atoms with Crippen LogP contribution < -0.4 is 14.8 Å². The van der Waals surface area contributed by atoms with Crippen LogP contribution in [0, 0.1) is 0 Å². The minimum atomic E-state index is -0.172. The summed E-state index contributed by atoms with van der Waals surface area (Å²) < 4.78 is 12.5. The van der Waals surface area contributed by atoms with Gasteiger partial charge in [-0.05, 0) is 23.6 Å². The summed E-state index contributed by atoms with van der Waals surface area (Å²) in [4.78, 5) is 12.6. The molecule has 0 atom stereocenters. The predicted molar refractivity (Wildman–Crippen MR) is 129 cm³/mol. The first-order valence-corrected chi connectivity index (χ1v) is 11.2. The van der Waals surface area contributed by atoms with Gasteiger partial charge in [-0.2, -0.15) is 0 Å². The molecule has 0 fully saturated rings. The summed E-state index contributed by atoms with van der Waals surface area (Å²) in [5.41, 5.74) is 2.82. The highest BCUT2D eigenvalue weighted by atomic mass is 32.2. The minimum Gasteiger partial charge on any atom is -0.497 e. The van der Waals surface area contributed by atoms with Crippen molar-refractivity contribution in [2.24, 2.45) is 0 Å². The molecule has 0 saturated heterocycles. The summed E-state index contributed by atoms with van der Waals surface area (Å²) in [5.74, 6) is 2.40. The van der Waals surface area contributed by atoms with Crippen molar-refractivity contribution >= 4 is 23.4 Å². The maximum Gasteiger partial charge on any atom is 0.234 e. The number of nitrogens with one attached hydrogen (secondary N) is 1. The number of rotatable bonds is 10. The van der Waals surface area contributed by atoms with Crippen LogP contribution in [0.15, 0.2) is 60.3 Å². The summed E-state index contributed by atoms with van der Waals surface area (Å²) in [6.07, 6.45) is 1.79. The summed E-state index contributed by atoms with van der Waals surface area (Å²) in [6.45, 7) is 8.72. The molecule has 0 radical (unpaired) electrons. The van der Waals surface area contributed by atoms with Crippen molar-refractivity contribution in [3.05, 3.63) is 60.7 Å². The third kappa shape index (κ3) is 5.50. The quantitative estimate of drug-likeness (QED) is 0.344. The second-order valence-electron chi connectivity index (χ2n) is 7.39. The molecule has 3 rings (SSSR count). The molecule has 0 spiro atoms. The molecule has 3 aromatic rings. The van der Waals surface area contributed by atoms with Crippen molar-refractivity contribution in [1.29, 1.82) is 0 Å². The van der Waals surface area contributed by atoms with E-state index in [0.29, 0.717) is 34.8 Å². The van der Waals surface area contributed by atoms with Crippen LogP contribution in [0.2, 0.25) is 0 Å². The van der Waals surface area contributed by atoms with Crippen molar-refractivity contribution in [3.63, 3.8) is 0 Å². The van der Waals surface area contributed by atoms with Gasteiger partial charge in [0.2, 0.25) is 5.91 Å². The molecule has 1 aromatic heterocycles. The van der Waals surface area contributed by atoms with Crippen molar-refractivity contribution in [1.82, 2.24) is 14.8 Å². The molecular formula is C24H28N4O3S. The van der Waals surface area contributed by atoms with Crippen LogP contribution in [-0.2, 0) is 11.3 Å². The zero-order valence-corrected chi connectivity index (χ0v) is 19.6. The van der Waals surface area contributed by atoms with Crippen molar-refractivity contribution in [2.75, 3.05) is 25.3 Å². The van der Waals surface area contributed by atoms with Gasteiger partial charge in [-0.1, -0.05) is 56.0 Å². The van der Waals surface area contributed by atoms with Crippen LogP contribution in [0.5, 0.6) is 11.5 Å². The number of aromatic nitrogens is 3. The second kappa shape index (κ2) is 10.9. The van der Waals surface area contributed by atoms with E-state index in [9.17, 15) is 4.79 Å². The molecule has 0 bridgehead atoms. The second-order valence-corrected chi connectivity index (χ2v) is 8.33. The Morgan fingerprint density at radius 3 is 2.53 bits per heavy atom. The Labute approximate surface area is 192 Å². The minimum absolute atomic E-state index is 0.172. The number of nitrogens with zero attached hydrogens (tertiary/aromatic N) is 3. The van der Waals surface area contributed by atoms with E-state index < -0.39 is 0 Å². The Kier molecular flexibility index (Phi) is 7.94. The van der Waals surface area contributed by atoms with E-state index >= 15 is 0 Å². The lowest BCUT2D eigenvalue weighted by Gasteiger charge is -2.12. The number of carbonyl (C=O) groups excluding carboxylic acids is 1. The molecule has 0 aliphatic carbocycles. The topological polar surface area (TPSA) is 78.3 Å². The standard InChI is InChI=1S/C24H28N4O3S/c1-6-13-28-23(18-9-7-17(8-10-18)16(2)3)26-27-24(28)32-15-22(29)25-20-12-11-19(30-4)14-21(20)31-5/h6-12,14,16H,1,13,15H2,2-5H3,(H,25,29). The molecule has 32 heavy (non-hydrogen) atoms. The Morgan fingerprint density at radius 1 is 1.16 bits per heavy atom. The maximum absolute atomic E-state index is 12.6. The highest BCUT2D eigenvalue weighted by molar-refractivity contribution is 7.99. The number of allylic oxidation sites excluding steroid dienone is 1.